The Bertz CT molecular complexity index is 1280. The zero-order valence-electron chi connectivity index (χ0n) is 18.7. The van der Waals surface area contributed by atoms with Crippen LogP contribution in [0.15, 0.2) is 41.8 Å². The summed E-state index contributed by atoms with van der Waals surface area (Å²) in [5.41, 5.74) is 3.74. The van der Waals surface area contributed by atoms with Crippen molar-refractivity contribution in [1.82, 2.24) is 14.7 Å². The number of carbonyl (C=O) groups is 2. The number of aromatic nitrogens is 2. The standard InChI is InChI=1S/C23H26N4O4S2/c1-15-20(16(2)27(25-15)19-10-12-33(30,31)14-19)13-26(3)23(29)17-6-8-18(9-7-17)24-22(28)21-5-4-11-32-21/h4-9,11,19H,10,12-14H2,1-3H3,(H,24,28)/t19-/m1/s1. The molecule has 0 radical (unpaired) electrons. The van der Waals surface area contributed by atoms with E-state index in [1.807, 2.05) is 25.3 Å². The molecule has 10 heteroatoms. The smallest absolute Gasteiger partial charge is 0.265 e. The van der Waals surface area contributed by atoms with Crippen molar-refractivity contribution < 1.29 is 18.0 Å². The van der Waals surface area contributed by atoms with Crippen LogP contribution in [0.1, 0.15) is 49.4 Å². The topological polar surface area (TPSA) is 101 Å². The van der Waals surface area contributed by atoms with Gasteiger partial charge in [0.25, 0.3) is 11.8 Å². The van der Waals surface area contributed by atoms with Crippen molar-refractivity contribution in [2.75, 3.05) is 23.9 Å². The van der Waals surface area contributed by atoms with Gasteiger partial charge in [0.15, 0.2) is 9.84 Å². The molecular formula is C23H26N4O4S2. The first-order valence-electron chi connectivity index (χ1n) is 10.6. The van der Waals surface area contributed by atoms with Gasteiger partial charge in [-0.1, -0.05) is 6.07 Å². The summed E-state index contributed by atoms with van der Waals surface area (Å²) < 4.78 is 25.5. The van der Waals surface area contributed by atoms with Crippen LogP contribution >= 0.6 is 11.3 Å². The monoisotopic (exact) mass is 486 g/mol. The highest BCUT2D eigenvalue weighted by molar-refractivity contribution is 7.91. The molecule has 1 aliphatic heterocycles. The number of benzene rings is 1. The van der Waals surface area contributed by atoms with E-state index < -0.39 is 9.84 Å². The summed E-state index contributed by atoms with van der Waals surface area (Å²) in [5.74, 6) is -0.0353. The van der Waals surface area contributed by atoms with Gasteiger partial charge >= 0.3 is 0 Å². The molecule has 1 N–H and O–H groups in total. The lowest BCUT2D eigenvalue weighted by Crippen LogP contribution is -2.26. The number of carbonyl (C=O) groups excluding carboxylic acids is 2. The number of sulfone groups is 1. The molecule has 3 aromatic rings. The lowest BCUT2D eigenvalue weighted by molar-refractivity contribution is 0.0784. The van der Waals surface area contributed by atoms with E-state index >= 15 is 0 Å². The molecule has 0 saturated carbocycles. The molecule has 8 nitrogen and oxygen atoms in total. The summed E-state index contributed by atoms with van der Waals surface area (Å²) in [6.45, 7) is 4.17. The molecule has 1 aromatic carbocycles. The number of thiophene rings is 1. The van der Waals surface area contributed by atoms with Gasteiger partial charge in [-0.2, -0.15) is 5.10 Å². The molecule has 0 bridgehead atoms. The molecule has 3 heterocycles. The first-order chi connectivity index (χ1) is 15.6. The fourth-order valence-electron chi connectivity index (χ4n) is 4.08. The Hall–Kier alpha value is -2.98. The second-order valence-corrected chi connectivity index (χ2v) is 11.5. The summed E-state index contributed by atoms with van der Waals surface area (Å²) in [4.78, 5) is 27.4. The Labute approximate surface area is 197 Å². The Kier molecular flexibility index (Phi) is 6.40. The van der Waals surface area contributed by atoms with E-state index in [1.165, 1.54) is 11.3 Å². The molecule has 0 spiro atoms. The molecule has 0 unspecified atom stereocenters. The minimum absolute atomic E-state index is 0.110. The van der Waals surface area contributed by atoms with Crippen molar-refractivity contribution in [2.45, 2.75) is 32.9 Å². The molecule has 0 aliphatic carbocycles. The first-order valence-corrected chi connectivity index (χ1v) is 13.3. The summed E-state index contributed by atoms with van der Waals surface area (Å²) in [6, 6.07) is 10.2. The van der Waals surface area contributed by atoms with Crippen molar-refractivity contribution in [1.29, 1.82) is 0 Å². The van der Waals surface area contributed by atoms with Crippen LogP contribution in [-0.4, -0.2) is 53.5 Å². The van der Waals surface area contributed by atoms with Crippen molar-refractivity contribution >= 4 is 38.7 Å². The highest BCUT2D eigenvalue weighted by Crippen LogP contribution is 2.27. The fraction of sp³-hybridized carbons (Fsp3) is 0.348. The van der Waals surface area contributed by atoms with Crippen molar-refractivity contribution in [3.63, 3.8) is 0 Å². The Morgan fingerprint density at radius 2 is 1.94 bits per heavy atom. The van der Waals surface area contributed by atoms with Gasteiger partial charge in [-0.3, -0.25) is 14.3 Å². The van der Waals surface area contributed by atoms with Gasteiger partial charge < -0.3 is 10.2 Å². The van der Waals surface area contributed by atoms with Crippen molar-refractivity contribution in [3.05, 3.63) is 69.2 Å². The fourth-order valence-corrected chi connectivity index (χ4v) is 6.39. The largest absolute Gasteiger partial charge is 0.337 e. The second kappa shape index (κ2) is 9.11. The average Bonchev–Trinajstić information content (AvgIpc) is 3.50. The summed E-state index contributed by atoms with van der Waals surface area (Å²) in [5, 5.41) is 9.24. The minimum atomic E-state index is -3.01. The van der Waals surface area contributed by atoms with Crippen molar-refractivity contribution in [3.8, 4) is 0 Å². The molecule has 33 heavy (non-hydrogen) atoms. The van der Waals surface area contributed by atoms with E-state index in [9.17, 15) is 18.0 Å². The third kappa shape index (κ3) is 5.01. The van der Waals surface area contributed by atoms with E-state index in [-0.39, 0.29) is 29.4 Å². The minimum Gasteiger partial charge on any atom is -0.337 e. The Balaban J connectivity index is 1.43. The molecule has 1 aliphatic rings. The molecule has 2 aromatic heterocycles. The number of rotatable bonds is 6. The quantitative estimate of drug-likeness (QED) is 0.575. The Morgan fingerprint density at radius 1 is 1.21 bits per heavy atom. The van der Waals surface area contributed by atoms with E-state index in [4.69, 9.17) is 0 Å². The van der Waals surface area contributed by atoms with Gasteiger partial charge in [-0.15, -0.1) is 11.3 Å². The first kappa shape index (κ1) is 23.2. The summed E-state index contributed by atoms with van der Waals surface area (Å²) in [7, 11) is -1.28. The number of nitrogens with zero attached hydrogens (tertiary/aromatic N) is 3. The van der Waals surface area contributed by atoms with Crippen LogP contribution in [0.5, 0.6) is 0 Å². The molecule has 174 valence electrons. The van der Waals surface area contributed by atoms with Gasteiger partial charge in [0.1, 0.15) is 0 Å². The number of aryl methyl sites for hydroxylation is 1. The van der Waals surface area contributed by atoms with E-state index in [0.717, 1.165) is 17.0 Å². The zero-order chi connectivity index (χ0) is 23.8. The van der Waals surface area contributed by atoms with Gasteiger partial charge in [0.2, 0.25) is 0 Å². The van der Waals surface area contributed by atoms with E-state index in [1.54, 1.807) is 47.0 Å². The van der Waals surface area contributed by atoms with Crippen LogP contribution in [-0.2, 0) is 16.4 Å². The zero-order valence-corrected chi connectivity index (χ0v) is 20.4. The highest BCUT2D eigenvalue weighted by Gasteiger charge is 2.31. The average molecular weight is 487 g/mol. The van der Waals surface area contributed by atoms with Gasteiger partial charge in [-0.05, 0) is 56.0 Å². The maximum atomic E-state index is 13.0. The molecule has 1 atom stereocenters. The predicted molar refractivity (Wildman–Crippen MR) is 129 cm³/mol. The summed E-state index contributed by atoms with van der Waals surface area (Å²) in [6.07, 6.45) is 0.563. The number of hydrogen-bond acceptors (Lipinski definition) is 6. The van der Waals surface area contributed by atoms with Crippen LogP contribution in [0, 0.1) is 13.8 Å². The van der Waals surface area contributed by atoms with E-state index in [0.29, 0.717) is 29.1 Å². The maximum absolute atomic E-state index is 13.0. The van der Waals surface area contributed by atoms with Crippen LogP contribution in [0.4, 0.5) is 5.69 Å². The summed E-state index contributed by atoms with van der Waals surface area (Å²) >= 11 is 1.37. The number of anilines is 1. The van der Waals surface area contributed by atoms with Crippen LogP contribution in [0.25, 0.3) is 0 Å². The molecular weight excluding hydrogens is 460 g/mol. The third-order valence-electron chi connectivity index (χ3n) is 5.91. The van der Waals surface area contributed by atoms with E-state index in [2.05, 4.69) is 10.4 Å². The van der Waals surface area contributed by atoms with Crippen LogP contribution < -0.4 is 5.32 Å². The maximum Gasteiger partial charge on any atom is 0.265 e. The molecule has 1 fully saturated rings. The normalized spacial score (nSPS) is 17.1. The molecule has 1 saturated heterocycles. The Morgan fingerprint density at radius 3 is 2.55 bits per heavy atom. The van der Waals surface area contributed by atoms with Crippen LogP contribution in [0.3, 0.4) is 0 Å². The number of nitrogens with one attached hydrogen (secondary N) is 1. The number of amides is 2. The van der Waals surface area contributed by atoms with Crippen molar-refractivity contribution in [2.24, 2.45) is 0 Å². The number of hydrogen-bond donors (Lipinski definition) is 1. The highest BCUT2D eigenvalue weighted by atomic mass is 32.2. The lowest BCUT2D eigenvalue weighted by atomic mass is 10.1. The SMILES string of the molecule is Cc1nn([C@@H]2CCS(=O)(=O)C2)c(C)c1CN(C)C(=O)c1ccc(NC(=O)c2cccs2)cc1. The lowest BCUT2D eigenvalue weighted by Gasteiger charge is -2.18. The van der Waals surface area contributed by atoms with Gasteiger partial charge in [0.05, 0.1) is 28.1 Å². The molecule has 4 rings (SSSR count). The molecule has 2 amide bonds. The second-order valence-electron chi connectivity index (χ2n) is 8.32. The third-order valence-corrected chi connectivity index (χ3v) is 8.52. The van der Waals surface area contributed by atoms with Gasteiger partial charge in [0, 0.05) is 36.1 Å². The predicted octanol–water partition coefficient (Wildman–Crippen LogP) is 3.45. The van der Waals surface area contributed by atoms with Gasteiger partial charge in [-0.25, -0.2) is 8.42 Å². The van der Waals surface area contributed by atoms with Crippen LogP contribution in [0.2, 0.25) is 0 Å².